The number of aryl methyl sites for hydroxylation is 1. The summed E-state index contributed by atoms with van der Waals surface area (Å²) in [5.41, 5.74) is 7.56. The molecule has 0 radical (unpaired) electrons. The van der Waals surface area contributed by atoms with Crippen LogP contribution in [0.5, 0.6) is 0 Å². The first-order valence-electron chi connectivity index (χ1n) is 6.08. The SMILES string of the molecule is CCOC(=O)C1(c2cccc(C)c2)CC(N)C1. The van der Waals surface area contributed by atoms with Crippen molar-refractivity contribution in [2.24, 2.45) is 5.73 Å². The molecule has 1 saturated carbocycles. The van der Waals surface area contributed by atoms with Crippen molar-refractivity contribution in [2.45, 2.75) is 38.1 Å². The number of hydrogen-bond acceptors (Lipinski definition) is 3. The van der Waals surface area contributed by atoms with Gasteiger partial charge in [-0.25, -0.2) is 0 Å². The molecule has 0 aliphatic heterocycles. The Labute approximate surface area is 102 Å². The van der Waals surface area contributed by atoms with Gasteiger partial charge >= 0.3 is 5.97 Å². The average Bonchev–Trinajstić information content (AvgIpc) is 2.24. The highest BCUT2D eigenvalue weighted by molar-refractivity contribution is 5.85. The van der Waals surface area contributed by atoms with Gasteiger partial charge in [0.2, 0.25) is 0 Å². The van der Waals surface area contributed by atoms with Gasteiger partial charge in [0.15, 0.2) is 0 Å². The first-order chi connectivity index (χ1) is 8.08. The van der Waals surface area contributed by atoms with Crippen molar-refractivity contribution in [1.82, 2.24) is 0 Å². The fourth-order valence-electron chi connectivity index (χ4n) is 2.57. The summed E-state index contributed by atoms with van der Waals surface area (Å²) in [5, 5.41) is 0. The van der Waals surface area contributed by atoms with Crippen molar-refractivity contribution < 1.29 is 9.53 Å². The molecule has 92 valence electrons. The maximum Gasteiger partial charge on any atom is 0.316 e. The third kappa shape index (κ3) is 2.07. The summed E-state index contributed by atoms with van der Waals surface area (Å²) in [6.45, 7) is 4.28. The van der Waals surface area contributed by atoms with Crippen LogP contribution in [0.3, 0.4) is 0 Å². The number of benzene rings is 1. The quantitative estimate of drug-likeness (QED) is 0.811. The lowest BCUT2D eigenvalue weighted by Crippen LogP contribution is -2.54. The Balaban J connectivity index is 2.32. The molecule has 0 heterocycles. The molecule has 1 aliphatic carbocycles. The molecule has 0 amide bonds. The molecule has 3 heteroatoms. The van der Waals surface area contributed by atoms with Gasteiger partial charge in [-0.2, -0.15) is 0 Å². The van der Waals surface area contributed by atoms with Gasteiger partial charge < -0.3 is 10.5 Å². The van der Waals surface area contributed by atoms with E-state index in [1.54, 1.807) is 0 Å². The maximum absolute atomic E-state index is 12.1. The lowest BCUT2D eigenvalue weighted by Gasteiger charge is -2.44. The van der Waals surface area contributed by atoms with Crippen LogP contribution >= 0.6 is 0 Å². The van der Waals surface area contributed by atoms with Crippen molar-refractivity contribution in [1.29, 1.82) is 0 Å². The molecule has 3 nitrogen and oxygen atoms in total. The second kappa shape index (κ2) is 4.49. The Bertz CT molecular complexity index is 422. The Morgan fingerprint density at radius 1 is 1.53 bits per heavy atom. The van der Waals surface area contributed by atoms with Crippen LogP contribution in [0.25, 0.3) is 0 Å². The molecule has 0 atom stereocenters. The molecule has 0 saturated heterocycles. The summed E-state index contributed by atoms with van der Waals surface area (Å²) in [4.78, 5) is 12.1. The zero-order valence-electron chi connectivity index (χ0n) is 10.4. The minimum absolute atomic E-state index is 0.111. The van der Waals surface area contributed by atoms with Crippen LogP contribution in [-0.2, 0) is 14.9 Å². The average molecular weight is 233 g/mol. The number of nitrogens with two attached hydrogens (primary N) is 1. The van der Waals surface area contributed by atoms with Crippen molar-refractivity contribution in [2.75, 3.05) is 6.61 Å². The lowest BCUT2D eigenvalue weighted by molar-refractivity contribution is -0.154. The molecular weight excluding hydrogens is 214 g/mol. The summed E-state index contributed by atoms with van der Waals surface area (Å²) >= 11 is 0. The van der Waals surface area contributed by atoms with Gasteiger partial charge in [0.25, 0.3) is 0 Å². The number of rotatable bonds is 3. The van der Waals surface area contributed by atoms with Gasteiger partial charge in [-0.15, -0.1) is 0 Å². The molecular formula is C14H19NO2. The molecule has 0 spiro atoms. The highest BCUT2D eigenvalue weighted by atomic mass is 16.5. The molecule has 1 aliphatic rings. The van der Waals surface area contributed by atoms with E-state index in [0.29, 0.717) is 19.4 Å². The minimum atomic E-state index is -0.499. The maximum atomic E-state index is 12.1. The van der Waals surface area contributed by atoms with Crippen molar-refractivity contribution >= 4 is 5.97 Å². The summed E-state index contributed by atoms with van der Waals surface area (Å²) < 4.78 is 5.20. The second-order valence-corrected chi connectivity index (χ2v) is 4.84. The Morgan fingerprint density at radius 2 is 2.24 bits per heavy atom. The number of hydrogen-bond donors (Lipinski definition) is 1. The number of ether oxygens (including phenoxy) is 1. The number of esters is 1. The van der Waals surface area contributed by atoms with Crippen LogP contribution in [0, 0.1) is 6.92 Å². The van der Waals surface area contributed by atoms with Gasteiger partial charge in [0, 0.05) is 6.04 Å². The highest BCUT2D eigenvalue weighted by Crippen LogP contribution is 2.44. The molecule has 0 unspecified atom stereocenters. The van der Waals surface area contributed by atoms with E-state index < -0.39 is 5.41 Å². The van der Waals surface area contributed by atoms with Gasteiger partial charge in [0.1, 0.15) is 0 Å². The van der Waals surface area contributed by atoms with Crippen molar-refractivity contribution in [3.63, 3.8) is 0 Å². The second-order valence-electron chi connectivity index (χ2n) is 4.84. The summed E-state index contributed by atoms with van der Waals surface area (Å²) in [6, 6.07) is 8.18. The van der Waals surface area contributed by atoms with E-state index in [0.717, 1.165) is 11.1 Å². The first kappa shape index (κ1) is 12.1. The predicted octanol–water partition coefficient (Wildman–Crippen LogP) is 1.92. The van der Waals surface area contributed by atoms with Crippen molar-refractivity contribution in [3.05, 3.63) is 35.4 Å². The van der Waals surface area contributed by atoms with Gasteiger partial charge in [-0.05, 0) is 32.3 Å². The zero-order valence-corrected chi connectivity index (χ0v) is 10.4. The lowest BCUT2D eigenvalue weighted by atomic mass is 9.61. The van der Waals surface area contributed by atoms with E-state index in [1.807, 2.05) is 32.0 Å². The fraction of sp³-hybridized carbons (Fsp3) is 0.500. The summed E-state index contributed by atoms with van der Waals surface area (Å²) in [6.07, 6.45) is 1.38. The topological polar surface area (TPSA) is 52.3 Å². The molecule has 17 heavy (non-hydrogen) atoms. The van der Waals surface area contributed by atoms with E-state index in [4.69, 9.17) is 10.5 Å². The van der Waals surface area contributed by atoms with Crippen LogP contribution in [0.1, 0.15) is 30.9 Å². The van der Waals surface area contributed by atoms with Gasteiger partial charge in [-0.1, -0.05) is 29.8 Å². The first-order valence-corrected chi connectivity index (χ1v) is 6.08. The molecule has 1 aromatic carbocycles. The predicted molar refractivity (Wildman–Crippen MR) is 66.7 cm³/mol. The largest absolute Gasteiger partial charge is 0.465 e. The molecule has 1 fully saturated rings. The molecule has 2 rings (SSSR count). The van der Waals surface area contributed by atoms with E-state index in [9.17, 15) is 4.79 Å². The minimum Gasteiger partial charge on any atom is -0.465 e. The van der Waals surface area contributed by atoms with E-state index in [-0.39, 0.29) is 12.0 Å². The summed E-state index contributed by atoms with van der Waals surface area (Å²) in [5.74, 6) is -0.132. The fourth-order valence-corrected chi connectivity index (χ4v) is 2.57. The molecule has 1 aromatic rings. The van der Waals surface area contributed by atoms with Crippen LogP contribution < -0.4 is 5.73 Å². The Kier molecular flexibility index (Phi) is 3.20. The Hall–Kier alpha value is -1.35. The van der Waals surface area contributed by atoms with Crippen LogP contribution in [0.4, 0.5) is 0 Å². The van der Waals surface area contributed by atoms with Crippen LogP contribution in [0.15, 0.2) is 24.3 Å². The third-order valence-electron chi connectivity index (χ3n) is 3.46. The number of carbonyl (C=O) groups is 1. The van der Waals surface area contributed by atoms with Gasteiger partial charge in [0.05, 0.1) is 12.0 Å². The highest BCUT2D eigenvalue weighted by Gasteiger charge is 2.51. The standard InChI is InChI=1S/C14H19NO2/c1-3-17-13(16)14(8-12(15)9-14)11-6-4-5-10(2)7-11/h4-7,12H,3,8-9,15H2,1-2H3. The molecule has 0 bridgehead atoms. The van der Waals surface area contributed by atoms with E-state index in [2.05, 4.69) is 6.07 Å². The number of carbonyl (C=O) groups excluding carboxylic acids is 1. The van der Waals surface area contributed by atoms with E-state index >= 15 is 0 Å². The molecule has 2 N–H and O–H groups in total. The van der Waals surface area contributed by atoms with E-state index in [1.165, 1.54) is 0 Å². The Morgan fingerprint density at radius 3 is 2.76 bits per heavy atom. The summed E-state index contributed by atoms with van der Waals surface area (Å²) in [7, 11) is 0. The smallest absolute Gasteiger partial charge is 0.316 e. The molecule has 0 aromatic heterocycles. The monoisotopic (exact) mass is 233 g/mol. The van der Waals surface area contributed by atoms with Crippen LogP contribution in [-0.4, -0.2) is 18.6 Å². The van der Waals surface area contributed by atoms with Crippen LogP contribution in [0.2, 0.25) is 0 Å². The van der Waals surface area contributed by atoms with Crippen molar-refractivity contribution in [3.8, 4) is 0 Å². The third-order valence-corrected chi connectivity index (χ3v) is 3.46. The normalized spacial score (nSPS) is 27.4. The zero-order chi connectivity index (χ0) is 12.5. The van der Waals surface area contributed by atoms with Gasteiger partial charge in [-0.3, -0.25) is 4.79 Å².